The molecule has 27 heavy (non-hydrogen) atoms. The monoisotopic (exact) mass is 391 g/mol. The zero-order valence-electron chi connectivity index (χ0n) is 15.5. The molecule has 1 atom stereocenters. The lowest BCUT2D eigenvalue weighted by molar-refractivity contribution is -0.151. The number of benzene rings is 1. The summed E-state index contributed by atoms with van der Waals surface area (Å²) in [7, 11) is 1.53. The van der Waals surface area contributed by atoms with Gasteiger partial charge in [0.05, 0.1) is 12.1 Å². The molecule has 0 saturated heterocycles. The van der Waals surface area contributed by atoms with Gasteiger partial charge in [0.25, 0.3) is 0 Å². The molecule has 1 aromatic rings. The van der Waals surface area contributed by atoms with Crippen molar-refractivity contribution in [3.63, 3.8) is 0 Å². The fourth-order valence-corrected chi connectivity index (χ4v) is 6.25. The van der Waals surface area contributed by atoms with E-state index in [0.29, 0.717) is 28.5 Å². The number of amides is 1. The normalized spacial score (nSPS) is 32.1. The molecule has 0 radical (unpaired) electrons. The molecule has 4 saturated carbocycles. The molecule has 6 heteroatoms. The SMILES string of the molecule is COc1ccc(C[C@H](NC(=O)C23CC4CC(CC(C4)C2)C3)C(=O)O)cc1Cl. The third-order valence-corrected chi connectivity index (χ3v) is 7.07. The van der Waals surface area contributed by atoms with Crippen LogP contribution in [0.5, 0.6) is 5.75 Å². The Labute approximate surface area is 164 Å². The molecule has 4 aliphatic rings. The van der Waals surface area contributed by atoms with E-state index in [-0.39, 0.29) is 17.7 Å². The summed E-state index contributed by atoms with van der Waals surface area (Å²) in [6.45, 7) is 0. The van der Waals surface area contributed by atoms with Crippen LogP contribution in [0.4, 0.5) is 0 Å². The van der Waals surface area contributed by atoms with Crippen LogP contribution in [0.3, 0.4) is 0 Å². The standard InChI is InChI=1S/C21H26ClNO4/c1-27-18-3-2-12(7-16(18)22)8-17(19(24)25)23-20(26)21-9-13-4-14(10-21)6-15(5-13)11-21/h2-3,7,13-15,17H,4-6,8-11H2,1H3,(H,23,26)(H,24,25)/t13?,14?,15?,17-,21?/m0/s1. The minimum Gasteiger partial charge on any atom is -0.495 e. The average Bonchev–Trinajstić information content (AvgIpc) is 2.60. The lowest BCUT2D eigenvalue weighted by atomic mass is 9.49. The van der Waals surface area contributed by atoms with Gasteiger partial charge in [-0.3, -0.25) is 4.79 Å². The summed E-state index contributed by atoms with van der Waals surface area (Å²) in [4.78, 5) is 25.0. The Balaban J connectivity index is 1.48. The number of rotatable bonds is 6. The number of carbonyl (C=O) groups is 2. The van der Waals surface area contributed by atoms with E-state index in [1.807, 2.05) is 0 Å². The first-order valence-electron chi connectivity index (χ1n) is 9.75. The van der Waals surface area contributed by atoms with Gasteiger partial charge in [0.15, 0.2) is 0 Å². The quantitative estimate of drug-likeness (QED) is 0.775. The highest BCUT2D eigenvalue weighted by atomic mass is 35.5. The molecule has 0 aliphatic heterocycles. The van der Waals surface area contributed by atoms with E-state index in [9.17, 15) is 14.7 Å². The van der Waals surface area contributed by atoms with E-state index in [1.54, 1.807) is 18.2 Å². The molecule has 0 spiro atoms. The zero-order valence-corrected chi connectivity index (χ0v) is 16.3. The predicted molar refractivity (Wildman–Crippen MR) is 102 cm³/mol. The predicted octanol–water partition coefficient (Wildman–Crippen LogP) is 3.68. The van der Waals surface area contributed by atoms with Crippen LogP contribution in [0.25, 0.3) is 0 Å². The van der Waals surface area contributed by atoms with Crippen LogP contribution in [0.15, 0.2) is 18.2 Å². The second kappa shape index (κ2) is 7.01. The van der Waals surface area contributed by atoms with Crippen LogP contribution in [0, 0.1) is 23.2 Å². The summed E-state index contributed by atoms with van der Waals surface area (Å²) in [5, 5.41) is 13.0. The minimum absolute atomic E-state index is 0.0615. The summed E-state index contributed by atoms with van der Waals surface area (Å²) in [5.74, 6) is 1.40. The Kier molecular flexibility index (Phi) is 4.83. The molecule has 1 amide bonds. The minimum atomic E-state index is -1.01. The summed E-state index contributed by atoms with van der Waals surface area (Å²) in [6, 6.07) is 4.26. The highest BCUT2D eigenvalue weighted by Gasteiger charge is 2.54. The van der Waals surface area contributed by atoms with Crippen LogP contribution >= 0.6 is 11.6 Å². The van der Waals surface area contributed by atoms with Gasteiger partial charge in [0.2, 0.25) is 5.91 Å². The van der Waals surface area contributed by atoms with Gasteiger partial charge >= 0.3 is 5.97 Å². The lowest BCUT2D eigenvalue weighted by Crippen LogP contribution is -2.56. The van der Waals surface area contributed by atoms with E-state index in [2.05, 4.69) is 5.32 Å². The van der Waals surface area contributed by atoms with Crippen molar-refractivity contribution in [3.05, 3.63) is 28.8 Å². The second-order valence-corrected chi connectivity index (χ2v) is 9.14. The first-order chi connectivity index (χ1) is 12.9. The van der Waals surface area contributed by atoms with Crippen molar-refractivity contribution >= 4 is 23.5 Å². The number of hydrogen-bond acceptors (Lipinski definition) is 3. The number of methoxy groups -OCH3 is 1. The molecule has 0 aromatic heterocycles. The molecule has 0 unspecified atom stereocenters. The van der Waals surface area contributed by atoms with Gasteiger partial charge in [0.1, 0.15) is 11.8 Å². The number of carboxylic acids is 1. The summed E-state index contributed by atoms with van der Waals surface area (Å²) >= 11 is 6.15. The Morgan fingerprint density at radius 3 is 2.30 bits per heavy atom. The van der Waals surface area contributed by atoms with E-state index in [1.165, 1.54) is 26.4 Å². The second-order valence-electron chi connectivity index (χ2n) is 8.74. The summed E-state index contributed by atoms with van der Waals surface area (Å²) in [6.07, 6.45) is 6.72. The smallest absolute Gasteiger partial charge is 0.326 e. The molecule has 4 fully saturated rings. The van der Waals surface area contributed by atoms with Crippen molar-refractivity contribution < 1.29 is 19.4 Å². The van der Waals surface area contributed by atoms with Gasteiger partial charge in [-0.2, -0.15) is 0 Å². The third-order valence-electron chi connectivity index (χ3n) is 6.78. The van der Waals surface area contributed by atoms with Crippen LogP contribution in [-0.4, -0.2) is 30.1 Å². The van der Waals surface area contributed by atoms with Crippen LogP contribution in [0.1, 0.15) is 44.1 Å². The third kappa shape index (κ3) is 3.54. The average molecular weight is 392 g/mol. The fraction of sp³-hybridized carbons (Fsp3) is 0.619. The van der Waals surface area contributed by atoms with Crippen molar-refractivity contribution in [1.29, 1.82) is 0 Å². The summed E-state index contributed by atoms with van der Waals surface area (Å²) < 4.78 is 5.14. The molecule has 4 aliphatic carbocycles. The largest absolute Gasteiger partial charge is 0.495 e. The summed E-state index contributed by atoms with van der Waals surface area (Å²) in [5.41, 5.74) is 0.416. The molecule has 4 bridgehead atoms. The first-order valence-corrected chi connectivity index (χ1v) is 10.1. The number of ether oxygens (including phenoxy) is 1. The topological polar surface area (TPSA) is 75.6 Å². The van der Waals surface area contributed by atoms with Gasteiger partial charge in [-0.15, -0.1) is 0 Å². The van der Waals surface area contributed by atoms with Gasteiger partial charge in [-0.25, -0.2) is 4.79 Å². The zero-order chi connectivity index (χ0) is 19.2. The number of aliphatic carboxylic acids is 1. The van der Waals surface area contributed by atoms with E-state index in [4.69, 9.17) is 16.3 Å². The number of nitrogens with one attached hydrogen (secondary N) is 1. The Morgan fingerprint density at radius 2 is 1.81 bits per heavy atom. The van der Waals surface area contributed by atoms with Crippen molar-refractivity contribution in [1.82, 2.24) is 5.32 Å². The van der Waals surface area contributed by atoms with Crippen LogP contribution in [-0.2, 0) is 16.0 Å². The van der Waals surface area contributed by atoms with Crippen molar-refractivity contribution in [2.45, 2.75) is 51.0 Å². The molecule has 5 nitrogen and oxygen atoms in total. The first kappa shape index (κ1) is 18.6. The van der Waals surface area contributed by atoms with E-state index < -0.39 is 12.0 Å². The highest BCUT2D eigenvalue weighted by molar-refractivity contribution is 6.32. The maximum Gasteiger partial charge on any atom is 0.326 e. The fourth-order valence-electron chi connectivity index (χ4n) is 5.97. The molecular formula is C21H26ClNO4. The molecule has 146 valence electrons. The molecule has 1 aromatic carbocycles. The van der Waals surface area contributed by atoms with Gasteiger partial charge in [0, 0.05) is 11.8 Å². The van der Waals surface area contributed by atoms with E-state index >= 15 is 0 Å². The van der Waals surface area contributed by atoms with E-state index in [0.717, 1.165) is 24.8 Å². The van der Waals surface area contributed by atoms with Gasteiger partial charge < -0.3 is 15.2 Å². The maximum atomic E-state index is 13.1. The Hall–Kier alpha value is -1.75. The number of hydrogen-bond donors (Lipinski definition) is 2. The van der Waals surface area contributed by atoms with Crippen molar-refractivity contribution in [3.8, 4) is 5.75 Å². The Morgan fingerprint density at radius 1 is 1.22 bits per heavy atom. The Bertz CT molecular complexity index is 727. The number of carbonyl (C=O) groups excluding carboxylic acids is 1. The van der Waals surface area contributed by atoms with Crippen LogP contribution < -0.4 is 10.1 Å². The highest BCUT2D eigenvalue weighted by Crippen LogP contribution is 2.60. The van der Waals surface area contributed by atoms with Crippen LogP contribution in [0.2, 0.25) is 5.02 Å². The molecule has 2 N–H and O–H groups in total. The van der Waals surface area contributed by atoms with Crippen molar-refractivity contribution in [2.75, 3.05) is 7.11 Å². The van der Waals surface area contributed by atoms with Gasteiger partial charge in [-0.1, -0.05) is 17.7 Å². The molecule has 5 rings (SSSR count). The number of carboxylic acid groups (broad SMARTS) is 1. The molecule has 0 heterocycles. The lowest BCUT2D eigenvalue weighted by Gasteiger charge is -2.55. The maximum absolute atomic E-state index is 13.1. The van der Waals surface area contributed by atoms with Gasteiger partial charge in [-0.05, 0) is 74.0 Å². The molecular weight excluding hydrogens is 366 g/mol. The van der Waals surface area contributed by atoms with Crippen molar-refractivity contribution in [2.24, 2.45) is 23.2 Å². The number of halogens is 1.